The Hall–Kier alpha value is -2.32. The second-order valence-corrected chi connectivity index (χ2v) is 6.55. The molecule has 0 unspecified atom stereocenters. The summed E-state index contributed by atoms with van der Waals surface area (Å²) >= 11 is 1.62. The number of aromatic nitrogens is 4. The van der Waals surface area contributed by atoms with E-state index in [1.165, 1.54) is 0 Å². The third kappa shape index (κ3) is 3.44. The largest absolute Gasteiger partial charge is 0.354 e. The monoisotopic (exact) mass is 342 g/mol. The molecule has 3 aromatic rings. The van der Waals surface area contributed by atoms with Gasteiger partial charge in [-0.05, 0) is 36.4 Å². The minimum Gasteiger partial charge on any atom is -0.354 e. The molecule has 0 aromatic carbocycles. The van der Waals surface area contributed by atoms with E-state index in [1.807, 2.05) is 29.0 Å². The summed E-state index contributed by atoms with van der Waals surface area (Å²) in [6.45, 7) is 2.50. The lowest BCUT2D eigenvalue weighted by molar-refractivity contribution is 0.344. The normalized spacial score (nSPS) is 18.0. The van der Waals surface area contributed by atoms with Gasteiger partial charge in [0.1, 0.15) is 0 Å². The van der Waals surface area contributed by atoms with Crippen LogP contribution >= 0.6 is 11.3 Å². The van der Waals surface area contributed by atoms with Crippen LogP contribution in [0.25, 0.3) is 11.4 Å². The van der Waals surface area contributed by atoms with Gasteiger partial charge in [0.25, 0.3) is 0 Å². The number of hydrogen-bond donors (Lipinski definition) is 1. The fourth-order valence-electron chi connectivity index (χ4n) is 2.88. The number of rotatable bonds is 5. The fourth-order valence-corrected chi connectivity index (χ4v) is 3.52. The molecule has 1 aliphatic heterocycles. The van der Waals surface area contributed by atoms with E-state index in [0.29, 0.717) is 24.3 Å². The maximum absolute atomic E-state index is 5.34. The molecule has 3 aromatic heterocycles. The lowest BCUT2D eigenvalue weighted by Crippen LogP contribution is -2.45. The number of thiophene rings is 1. The molecule has 0 spiro atoms. The van der Waals surface area contributed by atoms with Gasteiger partial charge in [0.2, 0.25) is 11.7 Å². The van der Waals surface area contributed by atoms with Gasteiger partial charge in [0.05, 0.1) is 6.54 Å². The second-order valence-electron chi connectivity index (χ2n) is 5.77. The average molecular weight is 342 g/mol. The highest BCUT2D eigenvalue weighted by atomic mass is 32.1. The van der Waals surface area contributed by atoms with Crippen LogP contribution in [0, 0.1) is 0 Å². The number of hydrogen-bond acceptors (Lipinski definition) is 8. The number of nitrogens with one attached hydrogen (secondary N) is 1. The maximum Gasteiger partial charge on any atom is 0.240 e. The van der Waals surface area contributed by atoms with Gasteiger partial charge < -0.3 is 14.7 Å². The first kappa shape index (κ1) is 15.2. The Bertz CT molecular complexity index is 760. The predicted octanol–water partition coefficient (Wildman–Crippen LogP) is 2.35. The first-order valence-corrected chi connectivity index (χ1v) is 8.94. The molecule has 0 saturated carbocycles. The molecule has 1 N–H and O–H groups in total. The SMILES string of the molecule is c1cnnc(N2CCC[C@H](NCc3nc(-c4ccsc4)no3)C2)c1. The smallest absolute Gasteiger partial charge is 0.240 e. The zero-order valence-corrected chi connectivity index (χ0v) is 13.9. The number of nitrogens with zero attached hydrogens (tertiary/aromatic N) is 5. The molecular weight excluding hydrogens is 324 g/mol. The molecule has 1 saturated heterocycles. The average Bonchev–Trinajstić information content (AvgIpc) is 3.32. The summed E-state index contributed by atoms with van der Waals surface area (Å²) in [4.78, 5) is 6.71. The van der Waals surface area contributed by atoms with Crippen LogP contribution in [-0.2, 0) is 6.54 Å². The first-order valence-electron chi connectivity index (χ1n) is 8.00. The predicted molar refractivity (Wildman–Crippen MR) is 91.7 cm³/mol. The van der Waals surface area contributed by atoms with Crippen LogP contribution in [0.1, 0.15) is 18.7 Å². The van der Waals surface area contributed by atoms with Gasteiger partial charge in [-0.15, -0.1) is 5.10 Å². The maximum atomic E-state index is 5.34. The highest BCUT2D eigenvalue weighted by Crippen LogP contribution is 2.19. The third-order valence-electron chi connectivity index (χ3n) is 4.09. The molecule has 7 nitrogen and oxygen atoms in total. The molecule has 1 aliphatic rings. The van der Waals surface area contributed by atoms with Crippen molar-refractivity contribution in [1.29, 1.82) is 0 Å². The van der Waals surface area contributed by atoms with E-state index in [0.717, 1.165) is 37.3 Å². The van der Waals surface area contributed by atoms with Crippen LogP contribution in [0.3, 0.4) is 0 Å². The molecule has 24 heavy (non-hydrogen) atoms. The molecule has 1 fully saturated rings. The minimum atomic E-state index is 0.372. The molecule has 0 radical (unpaired) electrons. The van der Waals surface area contributed by atoms with Crippen LogP contribution in [0.2, 0.25) is 0 Å². The van der Waals surface area contributed by atoms with Crippen LogP contribution in [-0.4, -0.2) is 39.5 Å². The molecule has 8 heteroatoms. The Labute approximate surface area is 143 Å². The lowest BCUT2D eigenvalue weighted by atomic mass is 10.1. The Kier molecular flexibility index (Phi) is 4.48. The zero-order valence-electron chi connectivity index (χ0n) is 13.1. The Morgan fingerprint density at radius 2 is 2.38 bits per heavy atom. The van der Waals surface area contributed by atoms with Crippen molar-refractivity contribution in [3.05, 3.63) is 41.0 Å². The zero-order chi connectivity index (χ0) is 16.2. The van der Waals surface area contributed by atoms with E-state index in [4.69, 9.17) is 4.52 Å². The van der Waals surface area contributed by atoms with E-state index >= 15 is 0 Å². The van der Waals surface area contributed by atoms with Gasteiger partial charge in [-0.25, -0.2) is 0 Å². The Morgan fingerprint density at radius 1 is 1.38 bits per heavy atom. The molecule has 124 valence electrons. The molecule has 0 aliphatic carbocycles. The summed E-state index contributed by atoms with van der Waals surface area (Å²) in [5.41, 5.74) is 1.00. The number of anilines is 1. The van der Waals surface area contributed by atoms with Crippen molar-refractivity contribution in [3.8, 4) is 11.4 Å². The quantitative estimate of drug-likeness (QED) is 0.762. The van der Waals surface area contributed by atoms with Gasteiger partial charge in [-0.3, -0.25) is 0 Å². The van der Waals surface area contributed by atoms with Crippen molar-refractivity contribution < 1.29 is 4.52 Å². The highest BCUT2D eigenvalue weighted by molar-refractivity contribution is 7.08. The molecule has 0 bridgehead atoms. The van der Waals surface area contributed by atoms with Gasteiger partial charge in [0.15, 0.2) is 5.82 Å². The topological polar surface area (TPSA) is 80.0 Å². The van der Waals surface area contributed by atoms with Crippen molar-refractivity contribution in [2.75, 3.05) is 18.0 Å². The lowest BCUT2D eigenvalue weighted by Gasteiger charge is -2.33. The Morgan fingerprint density at radius 3 is 3.21 bits per heavy atom. The van der Waals surface area contributed by atoms with Crippen LogP contribution in [0.15, 0.2) is 39.7 Å². The van der Waals surface area contributed by atoms with E-state index in [9.17, 15) is 0 Å². The molecular formula is C16H18N6OS. The van der Waals surface area contributed by atoms with Crippen LogP contribution in [0.4, 0.5) is 5.82 Å². The first-order chi connectivity index (χ1) is 11.9. The van der Waals surface area contributed by atoms with Crippen molar-refractivity contribution in [1.82, 2.24) is 25.7 Å². The van der Waals surface area contributed by atoms with E-state index < -0.39 is 0 Å². The van der Waals surface area contributed by atoms with E-state index in [-0.39, 0.29) is 0 Å². The summed E-state index contributed by atoms with van der Waals surface area (Å²) in [5, 5.41) is 19.7. The van der Waals surface area contributed by atoms with Crippen molar-refractivity contribution >= 4 is 17.2 Å². The van der Waals surface area contributed by atoms with Crippen LogP contribution in [0.5, 0.6) is 0 Å². The van der Waals surface area contributed by atoms with E-state index in [2.05, 4.69) is 30.6 Å². The van der Waals surface area contributed by atoms with Crippen molar-refractivity contribution in [2.45, 2.75) is 25.4 Å². The summed E-state index contributed by atoms with van der Waals surface area (Å²) in [7, 11) is 0. The highest BCUT2D eigenvalue weighted by Gasteiger charge is 2.21. The molecule has 0 amide bonds. The standard InChI is InChI=1S/C16H18N6OS/c1-4-14(20-18-6-1)22-7-2-3-13(10-22)17-9-15-19-16(21-23-15)12-5-8-24-11-12/h1,4-6,8,11,13,17H,2-3,7,9-10H2/t13-/m0/s1. The van der Waals surface area contributed by atoms with E-state index in [1.54, 1.807) is 17.5 Å². The number of piperidine rings is 1. The summed E-state index contributed by atoms with van der Waals surface area (Å²) in [5.74, 6) is 2.20. The van der Waals surface area contributed by atoms with Gasteiger partial charge in [0, 0.05) is 36.3 Å². The minimum absolute atomic E-state index is 0.372. The second kappa shape index (κ2) is 7.06. The van der Waals surface area contributed by atoms with Gasteiger partial charge in [-0.2, -0.15) is 21.4 Å². The van der Waals surface area contributed by atoms with Crippen molar-refractivity contribution in [2.24, 2.45) is 0 Å². The molecule has 4 heterocycles. The third-order valence-corrected chi connectivity index (χ3v) is 4.78. The summed E-state index contributed by atoms with van der Waals surface area (Å²) in [6.07, 6.45) is 3.95. The molecule has 1 atom stereocenters. The van der Waals surface area contributed by atoms with Gasteiger partial charge in [-0.1, -0.05) is 5.16 Å². The van der Waals surface area contributed by atoms with Crippen molar-refractivity contribution in [3.63, 3.8) is 0 Å². The Balaban J connectivity index is 1.34. The fraction of sp³-hybridized carbons (Fsp3) is 0.375. The van der Waals surface area contributed by atoms with Gasteiger partial charge >= 0.3 is 0 Å². The molecule has 4 rings (SSSR count). The summed E-state index contributed by atoms with van der Waals surface area (Å²) < 4.78 is 5.34. The summed E-state index contributed by atoms with van der Waals surface area (Å²) in [6, 6.07) is 6.29. The van der Waals surface area contributed by atoms with Crippen LogP contribution < -0.4 is 10.2 Å².